The molecule has 2 nitrogen and oxygen atoms in total. The molecule has 0 saturated heterocycles. The summed E-state index contributed by atoms with van der Waals surface area (Å²) < 4.78 is 0.786. The average molecular weight is 311 g/mol. The minimum absolute atomic E-state index is 0.0793. The van der Waals surface area contributed by atoms with E-state index in [4.69, 9.17) is 11.6 Å². The zero-order chi connectivity index (χ0) is 12.4. The largest absolute Gasteiger partial charge is 0.289 e. The summed E-state index contributed by atoms with van der Waals surface area (Å²) in [4.78, 5) is 16.2. The van der Waals surface area contributed by atoms with Gasteiger partial charge in [-0.05, 0) is 36.8 Å². The van der Waals surface area contributed by atoms with Crippen LogP contribution < -0.4 is 0 Å². The fourth-order valence-electron chi connectivity index (χ4n) is 1.53. The van der Waals surface area contributed by atoms with Crippen LogP contribution in [0.5, 0.6) is 0 Å². The van der Waals surface area contributed by atoms with E-state index in [9.17, 15) is 4.79 Å². The Morgan fingerprint density at radius 3 is 2.59 bits per heavy atom. The summed E-state index contributed by atoms with van der Waals surface area (Å²) in [5.74, 6) is -0.0793. The topological polar surface area (TPSA) is 30.0 Å². The third kappa shape index (κ3) is 2.93. The number of benzene rings is 1. The number of pyridine rings is 1. The van der Waals surface area contributed by atoms with E-state index in [1.165, 1.54) is 0 Å². The standard InChI is InChI=1S/C13H9BrClNO/c1-8-2-10(7-16-6-8)13(17)9-3-11(14)5-12(15)4-9/h2-7H,1H3. The Kier molecular flexibility index (Phi) is 3.60. The molecule has 0 saturated carbocycles. The first-order valence-electron chi connectivity index (χ1n) is 4.99. The Morgan fingerprint density at radius 2 is 1.94 bits per heavy atom. The molecule has 0 spiro atoms. The number of halogens is 2. The number of nitrogens with zero attached hydrogens (tertiary/aromatic N) is 1. The second kappa shape index (κ2) is 4.98. The number of aromatic nitrogens is 1. The van der Waals surface area contributed by atoms with Crippen molar-refractivity contribution >= 4 is 33.3 Å². The minimum Gasteiger partial charge on any atom is -0.289 e. The van der Waals surface area contributed by atoms with Crippen LogP contribution in [0.25, 0.3) is 0 Å². The summed E-state index contributed by atoms with van der Waals surface area (Å²) in [7, 11) is 0. The number of hydrogen-bond acceptors (Lipinski definition) is 2. The van der Waals surface area contributed by atoms with E-state index in [0.29, 0.717) is 16.1 Å². The molecule has 86 valence electrons. The molecule has 0 aliphatic carbocycles. The van der Waals surface area contributed by atoms with Gasteiger partial charge in [-0.15, -0.1) is 0 Å². The molecule has 1 aromatic heterocycles. The summed E-state index contributed by atoms with van der Waals surface area (Å²) >= 11 is 9.23. The highest BCUT2D eigenvalue weighted by Gasteiger charge is 2.11. The maximum absolute atomic E-state index is 12.2. The van der Waals surface area contributed by atoms with Gasteiger partial charge >= 0.3 is 0 Å². The van der Waals surface area contributed by atoms with Gasteiger partial charge in [0.15, 0.2) is 5.78 Å². The van der Waals surface area contributed by atoms with E-state index in [-0.39, 0.29) is 5.78 Å². The van der Waals surface area contributed by atoms with Crippen LogP contribution in [0.15, 0.2) is 41.1 Å². The fourth-order valence-corrected chi connectivity index (χ4v) is 2.39. The Balaban J connectivity index is 2.43. The Bertz CT molecular complexity index is 563. The van der Waals surface area contributed by atoms with Gasteiger partial charge in [-0.2, -0.15) is 0 Å². The quantitative estimate of drug-likeness (QED) is 0.784. The van der Waals surface area contributed by atoms with E-state index in [0.717, 1.165) is 10.0 Å². The number of hydrogen-bond donors (Lipinski definition) is 0. The maximum Gasteiger partial charge on any atom is 0.194 e. The molecule has 1 heterocycles. The van der Waals surface area contributed by atoms with Crippen molar-refractivity contribution < 1.29 is 4.79 Å². The van der Waals surface area contributed by atoms with Gasteiger partial charge in [0.05, 0.1) is 0 Å². The van der Waals surface area contributed by atoms with E-state index < -0.39 is 0 Å². The average Bonchev–Trinajstić information content (AvgIpc) is 2.26. The van der Waals surface area contributed by atoms with Crippen LogP contribution in [-0.4, -0.2) is 10.8 Å². The lowest BCUT2D eigenvalue weighted by molar-refractivity contribution is 0.103. The van der Waals surface area contributed by atoms with Gasteiger partial charge in [-0.3, -0.25) is 9.78 Å². The fraction of sp³-hybridized carbons (Fsp3) is 0.0769. The van der Waals surface area contributed by atoms with Crippen LogP contribution in [0.3, 0.4) is 0 Å². The molecule has 4 heteroatoms. The molecule has 0 radical (unpaired) electrons. The number of rotatable bonds is 2. The Hall–Kier alpha value is -1.19. The number of carbonyl (C=O) groups is 1. The van der Waals surface area contributed by atoms with E-state index in [2.05, 4.69) is 20.9 Å². The van der Waals surface area contributed by atoms with Crippen LogP contribution in [-0.2, 0) is 0 Å². The van der Waals surface area contributed by atoms with Crippen molar-refractivity contribution in [2.45, 2.75) is 6.92 Å². The first-order chi connectivity index (χ1) is 8.06. The lowest BCUT2D eigenvalue weighted by Gasteiger charge is -2.03. The second-order valence-electron chi connectivity index (χ2n) is 3.74. The highest BCUT2D eigenvalue weighted by molar-refractivity contribution is 9.10. The third-order valence-corrected chi connectivity index (χ3v) is 2.94. The van der Waals surface area contributed by atoms with Crippen LogP contribution in [0.2, 0.25) is 5.02 Å². The molecule has 0 aliphatic rings. The van der Waals surface area contributed by atoms with Crippen LogP contribution in [0, 0.1) is 6.92 Å². The van der Waals surface area contributed by atoms with Gasteiger partial charge in [-0.25, -0.2) is 0 Å². The molecule has 0 N–H and O–H groups in total. The summed E-state index contributed by atoms with van der Waals surface area (Å²) in [5.41, 5.74) is 2.08. The smallest absolute Gasteiger partial charge is 0.194 e. The van der Waals surface area contributed by atoms with E-state index >= 15 is 0 Å². The van der Waals surface area contributed by atoms with Crippen LogP contribution in [0.1, 0.15) is 21.5 Å². The molecule has 0 aliphatic heterocycles. The third-order valence-electron chi connectivity index (χ3n) is 2.26. The first kappa shape index (κ1) is 12.3. The molecule has 17 heavy (non-hydrogen) atoms. The monoisotopic (exact) mass is 309 g/mol. The predicted molar refractivity (Wildman–Crippen MR) is 71.6 cm³/mol. The van der Waals surface area contributed by atoms with Crippen LogP contribution >= 0.6 is 27.5 Å². The normalized spacial score (nSPS) is 10.3. The Labute approximate surface area is 113 Å². The molecular formula is C13H9BrClNO. The molecule has 0 unspecified atom stereocenters. The molecule has 1 aromatic carbocycles. The zero-order valence-electron chi connectivity index (χ0n) is 9.08. The molecule has 2 aromatic rings. The van der Waals surface area contributed by atoms with Crippen molar-refractivity contribution in [1.82, 2.24) is 4.98 Å². The van der Waals surface area contributed by atoms with Crippen molar-refractivity contribution in [2.75, 3.05) is 0 Å². The highest BCUT2D eigenvalue weighted by atomic mass is 79.9. The minimum atomic E-state index is -0.0793. The van der Waals surface area contributed by atoms with Gasteiger partial charge in [0.1, 0.15) is 0 Å². The molecule has 0 amide bonds. The first-order valence-corrected chi connectivity index (χ1v) is 6.16. The number of ketones is 1. The molecule has 0 bridgehead atoms. The van der Waals surface area contributed by atoms with Gasteiger partial charge in [0.25, 0.3) is 0 Å². The summed E-state index contributed by atoms with van der Waals surface area (Å²) in [6, 6.07) is 6.95. The SMILES string of the molecule is Cc1cncc(C(=O)c2cc(Cl)cc(Br)c2)c1. The zero-order valence-corrected chi connectivity index (χ0v) is 11.4. The van der Waals surface area contributed by atoms with Gasteiger partial charge in [0, 0.05) is 33.0 Å². The maximum atomic E-state index is 12.2. The highest BCUT2D eigenvalue weighted by Crippen LogP contribution is 2.21. The summed E-state index contributed by atoms with van der Waals surface area (Å²) in [6.45, 7) is 1.90. The Morgan fingerprint density at radius 1 is 1.18 bits per heavy atom. The summed E-state index contributed by atoms with van der Waals surface area (Å²) in [5, 5.41) is 0.531. The van der Waals surface area contributed by atoms with Crippen molar-refractivity contribution in [3.05, 3.63) is 62.8 Å². The van der Waals surface area contributed by atoms with Crippen molar-refractivity contribution in [1.29, 1.82) is 0 Å². The van der Waals surface area contributed by atoms with Crippen molar-refractivity contribution in [3.63, 3.8) is 0 Å². The van der Waals surface area contributed by atoms with E-state index in [1.54, 1.807) is 30.6 Å². The molecule has 0 atom stereocenters. The predicted octanol–water partition coefficient (Wildman–Crippen LogP) is 4.04. The van der Waals surface area contributed by atoms with Crippen molar-refractivity contribution in [2.24, 2.45) is 0 Å². The lowest BCUT2D eigenvalue weighted by Crippen LogP contribution is -2.02. The molecule has 0 fully saturated rings. The van der Waals surface area contributed by atoms with Gasteiger partial charge in [0.2, 0.25) is 0 Å². The molecule has 2 rings (SSSR count). The number of aryl methyl sites for hydroxylation is 1. The van der Waals surface area contributed by atoms with Crippen LogP contribution in [0.4, 0.5) is 0 Å². The summed E-state index contributed by atoms with van der Waals surface area (Å²) in [6.07, 6.45) is 3.27. The second-order valence-corrected chi connectivity index (χ2v) is 5.09. The van der Waals surface area contributed by atoms with Gasteiger partial charge < -0.3 is 0 Å². The van der Waals surface area contributed by atoms with Gasteiger partial charge in [-0.1, -0.05) is 27.5 Å². The number of carbonyl (C=O) groups excluding carboxylic acids is 1. The lowest BCUT2D eigenvalue weighted by atomic mass is 10.0. The van der Waals surface area contributed by atoms with E-state index in [1.807, 2.05) is 13.0 Å². The molecular weight excluding hydrogens is 302 g/mol. The van der Waals surface area contributed by atoms with Crippen molar-refractivity contribution in [3.8, 4) is 0 Å².